The molecule has 2 aromatic rings. The summed E-state index contributed by atoms with van der Waals surface area (Å²) in [5.41, 5.74) is 8.78. The average molecular weight is 338 g/mol. The van der Waals surface area contributed by atoms with Crippen LogP contribution in [0.25, 0.3) is 11.6 Å². The zero-order chi connectivity index (χ0) is 16.9. The molecule has 124 valence electrons. The molecule has 0 aromatic heterocycles. The molecule has 0 radical (unpaired) electrons. The monoisotopic (exact) mass is 338 g/mol. The fourth-order valence-electron chi connectivity index (χ4n) is 4.60. The second-order valence-electron chi connectivity index (χ2n) is 8.13. The summed E-state index contributed by atoms with van der Waals surface area (Å²) in [6.07, 6.45) is 7.42. The van der Waals surface area contributed by atoms with Crippen LogP contribution in [-0.2, 0) is 0 Å². The Morgan fingerprint density at radius 2 is 1.52 bits per heavy atom. The molecule has 2 aromatic carbocycles. The average Bonchev–Trinajstić information content (AvgIpc) is 3.17. The van der Waals surface area contributed by atoms with Crippen LogP contribution in [0, 0.1) is 5.92 Å². The van der Waals surface area contributed by atoms with Crippen molar-refractivity contribution in [1.29, 1.82) is 0 Å². The van der Waals surface area contributed by atoms with E-state index in [1.165, 1.54) is 16.7 Å². The Hall–Kier alpha value is -1.27. The third-order valence-electron chi connectivity index (χ3n) is 5.98. The van der Waals surface area contributed by atoms with Crippen molar-refractivity contribution in [3.8, 4) is 0 Å². The van der Waals surface area contributed by atoms with E-state index in [0.29, 0.717) is 17.0 Å². The minimum absolute atomic E-state index is 0. The van der Waals surface area contributed by atoms with E-state index >= 15 is 0 Å². The molecule has 0 amide bonds. The maximum absolute atomic E-state index is 2.61. The molecule has 0 saturated heterocycles. The Labute approximate surface area is 166 Å². The Morgan fingerprint density at radius 3 is 2.24 bits per heavy atom. The van der Waals surface area contributed by atoms with E-state index in [2.05, 4.69) is 93.7 Å². The van der Waals surface area contributed by atoms with Gasteiger partial charge in [0.2, 0.25) is 0 Å². The van der Waals surface area contributed by atoms with E-state index in [1.54, 1.807) is 11.1 Å². The molecule has 4 rings (SSSR count). The van der Waals surface area contributed by atoms with Crippen molar-refractivity contribution in [2.45, 2.75) is 38.0 Å². The zero-order valence-corrected chi connectivity index (χ0v) is 17.1. The molecular formula is C23H27LiSi. The van der Waals surface area contributed by atoms with Gasteiger partial charge in [-0.2, -0.15) is 0 Å². The summed E-state index contributed by atoms with van der Waals surface area (Å²) in [6, 6.07) is 18.0. The Morgan fingerprint density at radius 1 is 0.880 bits per heavy atom. The van der Waals surface area contributed by atoms with E-state index < -0.39 is 8.07 Å². The van der Waals surface area contributed by atoms with Gasteiger partial charge in [-0.15, -0.1) is 0 Å². The van der Waals surface area contributed by atoms with Gasteiger partial charge in [-0.25, -0.2) is 0 Å². The number of allylic oxidation sites excluding steroid dienone is 3. The topological polar surface area (TPSA) is 0 Å². The van der Waals surface area contributed by atoms with Crippen LogP contribution in [-0.4, -0.2) is 8.07 Å². The smallest absolute Gasteiger partial charge is 1.00 e. The molecule has 0 aliphatic heterocycles. The van der Waals surface area contributed by atoms with Crippen LogP contribution in [0.15, 0.2) is 60.7 Å². The van der Waals surface area contributed by atoms with E-state index in [0.717, 1.165) is 0 Å². The summed E-state index contributed by atoms with van der Waals surface area (Å²) in [7, 11) is -1.59. The summed E-state index contributed by atoms with van der Waals surface area (Å²) in [6.45, 7) is 9.80. The molecular weight excluding hydrogens is 311 g/mol. The number of fused-ring (bicyclic) bond motifs is 2. The summed E-state index contributed by atoms with van der Waals surface area (Å²) in [5, 5.41) is 0. The van der Waals surface area contributed by atoms with Gasteiger partial charge in [-0.3, -0.25) is 0 Å². The predicted molar refractivity (Wildman–Crippen MR) is 109 cm³/mol. The standard InChI is InChI=1S/C23H26Si.Li.H/c1-16(2)21-15-23(20-12-8-7-11-19(20)21)24(3,4)22-14-13-17-9-5-6-10-18(17)22;;/h5-16,22-23H,1-4H3;;/q;+1;-1. The fourth-order valence-corrected chi connectivity index (χ4v) is 8.31. The van der Waals surface area contributed by atoms with Crippen LogP contribution in [0.1, 0.15) is 48.6 Å². The third-order valence-corrected chi connectivity index (χ3v) is 10.2. The van der Waals surface area contributed by atoms with E-state index in [-0.39, 0.29) is 20.3 Å². The second kappa shape index (κ2) is 6.80. The summed E-state index contributed by atoms with van der Waals surface area (Å²) < 4.78 is 0. The van der Waals surface area contributed by atoms with Gasteiger partial charge >= 0.3 is 18.9 Å². The molecule has 2 aliphatic carbocycles. The third kappa shape index (κ3) is 2.93. The van der Waals surface area contributed by atoms with Gasteiger partial charge < -0.3 is 1.43 Å². The van der Waals surface area contributed by atoms with Crippen LogP contribution in [0.2, 0.25) is 13.1 Å². The Kier molecular flexibility index (Phi) is 5.04. The van der Waals surface area contributed by atoms with Crippen molar-refractivity contribution in [1.82, 2.24) is 0 Å². The molecule has 0 spiro atoms. The Bertz CT molecular complexity index is 851. The largest absolute Gasteiger partial charge is 1.00 e. The van der Waals surface area contributed by atoms with Gasteiger partial charge in [-0.1, -0.05) is 93.7 Å². The molecule has 2 unspecified atom stereocenters. The zero-order valence-electron chi connectivity index (χ0n) is 17.1. The Balaban J connectivity index is 0.00000121. The van der Waals surface area contributed by atoms with Crippen LogP contribution in [0.5, 0.6) is 0 Å². The molecule has 2 heteroatoms. The summed E-state index contributed by atoms with van der Waals surface area (Å²) in [5.74, 6) is 0.590. The van der Waals surface area contributed by atoms with Crippen LogP contribution in [0.3, 0.4) is 0 Å². The van der Waals surface area contributed by atoms with Crippen molar-refractivity contribution in [2.75, 3.05) is 0 Å². The van der Waals surface area contributed by atoms with Gasteiger partial charge in [0.05, 0.1) is 8.07 Å². The minimum Gasteiger partial charge on any atom is -1.00 e. The van der Waals surface area contributed by atoms with E-state index in [1.807, 2.05) is 0 Å². The number of hydrogen-bond acceptors (Lipinski definition) is 0. The first-order chi connectivity index (χ1) is 11.5. The number of hydrogen-bond donors (Lipinski definition) is 0. The van der Waals surface area contributed by atoms with E-state index in [9.17, 15) is 0 Å². The van der Waals surface area contributed by atoms with Crippen molar-refractivity contribution in [3.63, 3.8) is 0 Å². The van der Waals surface area contributed by atoms with E-state index in [4.69, 9.17) is 0 Å². The second-order valence-corrected chi connectivity index (χ2v) is 13.0. The molecule has 2 aliphatic rings. The summed E-state index contributed by atoms with van der Waals surface area (Å²) in [4.78, 5) is 0. The van der Waals surface area contributed by atoms with Gasteiger partial charge in [0, 0.05) is 0 Å². The first-order valence-corrected chi connectivity index (χ1v) is 12.2. The number of rotatable bonds is 3. The fraction of sp³-hybridized carbons (Fsp3) is 0.304. The normalized spacial score (nSPS) is 20.9. The number of benzene rings is 2. The molecule has 0 fully saturated rings. The van der Waals surface area contributed by atoms with Crippen LogP contribution >= 0.6 is 0 Å². The first kappa shape index (κ1) is 18.5. The van der Waals surface area contributed by atoms with Crippen molar-refractivity contribution in [2.24, 2.45) is 5.92 Å². The molecule has 0 bridgehead atoms. The maximum atomic E-state index is 2.61. The van der Waals surface area contributed by atoms with Gasteiger partial charge in [0.25, 0.3) is 0 Å². The molecule has 0 heterocycles. The van der Waals surface area contributed by atoms with Crippen molar-refractivity contribution < 1.29 is 20.3 Å². The molecule has 0 nitrogen and oxygen atoms in total. The van der Waals surface area contributed by atoms with Crippen molar-refractivity contribution in [3.05, 3.63) is 82.9 Å². The van der Waals surface area contributed by atoms with Crippen LogP contribution in [0.4, 0.5) is 0 Å². The first-order valence-electron chi connectivity index (χ1n) is 9.08. The van der Waals surface area contributed by atoms with Gasteiger partial charge in [0.1, 0.15) is 0 Å². The van der Waals surface area contributed by atoms with Crippen molar-refractivity contribution >= 4 is 19.7 Å². The molecule has 2 atom stereocenters. The van der Waals surface area contributed by atoms with Gasteiger partial charge in [-0.05, 0) is 44.8 Å². The SMILES string of the molecule is CC(C)C1=CC([Si](C)(C)C2C=Cc3ccccc32)c2ccccc21.[H-].[Li+]. The quantitative estimate of drug-likeness (QED) is 0.751. The minimum atomic E-state index is -1.59. The maximum Gasteiger partial charge on any atom is 1.00 e. The van der Waals surface area contributed by atoms with Crippen LogP contribution < -0.4 is 18.9 Å². The molecule has 0 N–H and O–H groups in total. The molecule has 25 heavy (non-hydrogen) atoms. The van der Waals surface area contributed by atoms with Gasteiger partial charge in [0.15, 0.2) is 0 Å². The predicted octanol–water partition coefficient (Wildman–Crippen LogP) is 3.54. The molecule has 0 saturated carbocycles. The summed E-state index contributed by atoms with van der Waals surface area (Å²) >= 11 is 0.